The molecule has 1 unspecified atom stereocenters. The van der Waals surface area contributed by atoms with E-state index in [2.05, 4.69) is 50.4 Å². The van der Waals surface area contributed by atoms with Crippen LogP contribution in [0.15, 0.2) is 24.3 Å². The Labute approximate surface area is 131 Å². The summed E-state index contributed by atoms with van der Waals surface area (Å²) in [6.07, 6.45) is 9.99. The quantitative estimate of drug-likeness (QED) is 0.666. The highest BCUT2D eigenvalue weighted by molar-refractivity contribution is 5.26. The lowest BCUT2D eigenvalue weighted by Crippen LogP contribution is -2.22. The Bertz CT molecular complexity index is 387. The maximum absolute atomic E-state index is 3.69. The Morgan fingerprint density at radius 1 is 1.00 bits per heavy atom. The van der Waals surface area contributed by atoms with Crippen LogP contribution in [0.3, 0.4) is 0 Å². The Balaban J connectivity index is 1.93. The van der Waals surface area contributed by atoms with Gasteiger partial charge < -0.3 is 5.32 Å². The second-order valence-corrected chi connectivity index (χ2v) is 7.01. The summed E-state index contributed by atoms with van der Waals surface area (Å²) in [4.78, 5) is 0. The van der Waals surface area contributed by atoms with Gasteiger partial charge in [-0.2, -0.15) is 0 Å². The summed E-state index contributed by atoms with van der Waals surface area (Å²) < 4.78 is 0. The van der Waals surface area contributed by atoms with E-state index < -0.39 is 0 Å². The minimum absolute atomic E-state index is 0.540. The number of rotatable bonds is 7. The van der Waals surface area contributed by atoms with Gasteiger partial charge in [0.25, 0.3) is 0 Å². The van der Waals surface area contributed by atoms with Crippen LogP contribution in [0.1, 0.15) is 88.8 Å². The van der Waals surface area contributed by atoms with Crippen LogP contribution in [0.2, 0.25) is 0 Å². The SMILES string of the molecule is CCNC(CCC1CCCCC1)c1ccc(C(C)C)cc1. The van der Waals surface area contributed by atoms with Gasteiger partial charge in [0, 0.05) is 6.04 Å². The number of hydrogen-bond donors (Lipinski definition) is 1. The summed E-state index contributed by atoms with van der Waals surface area (Å²) in [6, 6.07) is 9.83. The van der Waals surface area contributed by atoms with Gasteiger partial charge in [-0.3, -0.25) is 0 Å². The molecular formula is C20H33N. The maximum atomic E-state index is 3.69. The molecule has 1 atom stereocenters. The van der Waals surface area contributed by atoms with Crippen molar-refractivity contribution in [3.8, 4) is 0 Å². The standard InChI is InChI=1S/C20H33N/c1-4-21-20(15-10-17-8-6-5-7-9-17)19-13-11-18(12-14-19)16(2)3/h11-14,16-17,20-21H,4-10,15H2,1-3H3. The number of benzene rings is 1. The molecule has 0 radical (unpaired) electrons. The van der Waals surface area contributed by atoms with Gasteiger partial charge in [0.2, 0.25) is 0 Å². The molecule has 0 aromatic heterocycles. The summed E-state index contributed by atoms with van der Waals surface area (Å²) >= 11 is 0. The summed E-state index contributed by atoms with van der Waals surface area (Å²) in [5.74, 6) is 1.61. The number of nitrogens with one attached hydrogen (secondary N) is 1. The van der Waals surface area contributed by atoms with Crippen molar-refractivity contribution in [2.45, 2.75) is 77.7 Å². The minimum atomic E-state index is 0.540. The third-order valence-electron chi connectivity index (χ3n) is 5.04. The maximum Gasteiger partial charge on any atom is 0.0320 e. The molecule has 1 N–H and O–H groups in total. The molecule has 1 nitrogen and oxygen atoms in total. The van der Waals surface area contributed by atoms with Crippen LogP contribution in [0.5, 0.6) is 0 Å². The molecule has 21 heavy (non-hydrogen) atoms. The van der Waals surface area contributed by atoms with E-state index in [0.717, 1.165) is 12.5 Å². The first kappa shape index (κ1) is 16.5. The fourth-order valence-electron chi connectivity index (χ4n) is 3.62. The molecule has 0 aliphatic heterocycles. The molecule has 1 aliphatic carbocycles. The van der Waals surface area contributed by atoms with Crippen LogP contribution in [0.4, 0.5) is 0 Å². The van der Waals surface area contributed by atoms with Gasteiger partial charge >= 0.3 is 0 Å². The molecule has 1 saturated carbocycles. The van der Waals surface area contributed by atoms with Crippen molar-refractivity contribution in [3.63, 3.8) is 0 Å². The van der Waals surface area contributed by atoms with E-state index in [0.29, 0.717) is 12.0 Å². The molecule has 0 spiro atoms. The Morgan fingerprint density at radius 2 is 1.62 bits per heavy atom. The van der Waals surface area contributed by atoms with Crippen LogP contribution < -0.4 is 5.32 Å². The van der Waals surface area contributed by atoms with E-state index in [4.69, 9.17) is 0 Å². The third-order valence-corrected chi connectivity index (χ3v) is 5.04. The van der Waals surface area contributed by atoms with Crippen molar-refractivity contribution in [3.05, 3.63) is 35.4 Å². The van der Waals surface area contributed by atoms with Gasteiger partial charge in [0.1, 0.15) is 0 Å². The van der Waals surface area contributed by atoms with Gasteiger partial charge in [0.15, 0.2) is 0 Å². The topological polar surface area (TPSA) is 12.0 Å². The van der Waals surface area contributed by atoms with Gasteiger partial charge in [0.05, 0.1) is 0 Å². The molecule has 1 heteroatoms. The molecular weight excluding hydrogens is 254 g/mol. The highest BCUT2D eigenvalue weighted by Gasteiger charge is 2.17. The smallest absolute Gasteiger partial charge is 0.0320 e. The molecule has 0 heterocycles. The van der Waals surface area contributed by atoms with Crippen molar-refractivity contribution in [1.82, 2.24) is 5.32 Å². The first-order chi connectivity index (χ1) is 10.2. The lowest BCUT2D eigenvalue weighted by atomic mass is 9.84. The monoisotopic (exact) mass is 287 g/mol. The Morgan fingerprint density at radius 3 is 2.19 bits per heavy atom. The molecule has 1 aromatic carbocycles. The van der Waals surface area contributed by atoms with Crippen molar-refractivity contribution in [2.24, 2.45) is 5.92 Å². The van der Waals surface area contributed by atoms with Gasteiger partial charge in [-0.15, -0.1) is 0 Å². The predicted molar refractivity (Wildman–Crippen MR) is 92.8 cm³/mol. The lowest BCUT2D eigenvalue weighted by Gasteiger charge is -2.25. The van der Waals surface area contributed by atoms with Crippen LogP contribution in [0.25, 0.3) is 0 Å². The van der Waals surface area contributed by atoms with E-state index in [1.54, 1.807) is 0 Å². The average Bonchev–Trinajstić information content (AvgIpc) is 2.52. The van der Waals surface area contributed by atoms with Gasteiger partial charge in [-0.05, 0) is 42.3 Å². The normalized spacial score (nSPS) is 18.1. The lowest BCUT2D eigenvalue weighted by molar-refractivity contribution is 0.315. The summed E-state index contributed by atoms with van der Waals surface area (Å²) in [5, 5.41) is 3.69. The Kier molecular flexibility index (Phi) is 6.76. The van der Waals surface area contributed by atoms with Gasteiger partial charge in [-0.25, -0.2) is 0 Å². The molecule has 2 rings (SSSR count). The van der Waals surface area contributed by atoms with E-state index in [1.807, 2.05) is 0 Å². The highest BCUT2D eigenvalue weighted by Crippen LogP contribution is 2.30. The zero-order valence-electron chi connectivity index (χ0n) is 14.2. The van der Waals surface area contributed by atoms with E-state index in [1.165, 1.54) is 56.1 Å². The van der Waals surface area contributed by atoms with Crippen LogP contribution >= 0.6 is 0 Å². The van der Waals surface area contributed by atoms with Crippen molar-refractivity contribution in [2.75, 3.05) is 6.54 Å². The van der Waals surface area contributed by atoms with Crippen molar-refractivity contribution in [1.29, 1.82) is 0 Å². The molecule has 0 saturated heterocycles. The fourth-order valence-corrected chi connectivity index (χ4v) is 3.62. The summed E-state index contributed by atoms with van der Waals surface area (Å²) in [6.45, 7) is 7.80. The molecule has 1 aromatic rings. The van der Waals surface area contributed by atoms with E-state index in [-0.39, 0.29) is 0 Å². The van der Waals surface area contributed by atoms with Gasteiger partial charge in [-0.1, -0.05) is 77.1 Å². The number of hydrogen-bond acceptors (Lipinski definition) is 1. The second kappa shape index (κ2) is 8.58. The van der Waals surface area contributed by atoms with E-state index in [9.17, 15) is 0 Å². The first-order valence-electron chi connectivity index (χ1n) is 9.04. The largest absolute Gasteiger partial charge is 0.310 e. The average molecular weight is 287 g/mol. The first-order valence-corrected chi connectivity index (χ1v) is 9.04. The van der Waals surface area contributed by atoms with Crippen LogP contribution in [0, 0.1) is 5.92 Å². The summed E-state index contributed by atoms with van der Waals surface area (Å²) in [5.41, 5.74) is 2.92. The highest BCUT2D eigenvalue weighted by atomic mass is 14.9. The van der Waals surface area contributed by atoms with Crippen LogP contribution in [-0.4, -0.2) is 6.54 Å². The second-order valence-electron chi connectivity index (χ2n) is 7.01. The van der Waals surface area contributed by atoms with Crippen molar-refractivity contribution < 1.29 is 0 Å². The van der Waals surface area contributed by atoms with E-state index >= 15 is 0 Å². The van der Waals surface area contributed by atoms with Crippen LogP contribution in [-0.2, 0) is 0 Å². The molecule has 118 valence electrons. The molecule has 0 bridgehead atoms. The van der Waals surface area contributed by atoms with Crippen molar-refractivity contribution >= 4 is 0 Å². The minimum Gasteiger partial charge on any atom is -0.310 e. The Hall–Kier alpha value is -0.820. The molecule has 1 aliphatic rings. The predicted octanol–water partition coefficient (Wildman–Crippen LogP) is 5.82. The molecule has 0 amide bonds. The fraction of sp³-hybridized carbons (Fsp3) is 0.700. The third kappa shape index (κ3) is 5.14. The zero-order chi connectivity index (χ0) is 15.1. The molecule has 1 fully saturated rings. The zero-order valence-corrected chi connectivity index (χ0v) is 14.2. The summed E-state index contributed by atoms with van der Waals surface area (Å²) in [7, 11) is 0.